The van der Waals surface area contributed by atoms with Crippen LogP contribution in [-0.2, 0) is 0 Å². The molecular weight excluding hydrogens is 183 g/mol. The quantitative estimate of drug-likeness (QED) is 0.464. The minimum atomic E-state index is 0.0706. The van der Waals surface area contributed by atoms with Crippen LogP contribution >= 0.6 is 0 Å². The molecule has 3 rings (SSSR count). The van der Waals surface area contributed by atoms with Gasteiger partial charge in [0.1, 0.15) is 7.85 Å². The standard InChI is InChI=1S/C13H9BO/c1-7-8-3-2-4-9-11(14)6-5-10(12(8)9)13(7)15/h2-6H,1,14H2. The van der Waals surface area contributed by atoms with E-state index in [-0.39, 0.29) is 5.43 Å². The Labute approximate surface area is 87.8 Å². The van der Waals surface area contributed by atoms with Crippen LogP contribution in [0.1, 0.15) is 0 Å². The van der Waals surface area contributed by atoms with E-state index in [1.165, 1.54) is 5.46 Å². The van der Waals surface area contributed by atoms with Crippen molar-refractivity contribution in [2.45, 2.75) is 0 Å². The van der Waals surface area contributed by atoms with Crippen molar-refractivity contribution < 1.29 is 0 Å². The molecule has 0 fully saturated rings. The maximum Gasteiger partial charge on any atom is 0.193 e. The highest BCUT2D eigenvalue weighted by Crippen LogP contribution is 2.20. The van der Waals surface area contributed by atoms with E-state index in [1.54, 1.807) is 0 Å². The zero-order valence-corrected chi connectivity index (χ0v) is 8.50. The molecule has 0 aliphatic heterocycles. The average Bonchev–Trinajstić information content (AvgIpc) is 2.50. The van der Waals surface area contributed by atoms with E-state index < -0.39 is 0 Å². The summed E-state index contributed by atoms with van der Waals surface area (Å²) >= 11 is 0. The molecule has 0 unspecified atom stereocenters. The summed E-state index contributed by atoms with van der Waals surface area (Å²) in [6.07, 6.45) is 0. The second-order valence-electron chi connectivity index (χ2n) is 3.97. The second kappa shape index (κ2) is 2.60. The summed E-state index contributed by atoms with van der Waals surface area (Å²) in [5, 5.41) is 4.66. The van der Waals surface area contributed by atoms with Gasteiger partial charge in [-0.05, 0) is 10.8 Å². The summed E-state index contributed by atoms with van der Waals surface area (Å²) in [6, 6.07) is 9.92. The fourth-order valence-corrected chi connectivity index (χ4v) is 2.28. The molecule has 0 heterocycles. The van der Waals surface area contributed by atoms with Crippen LogP contribution in [0.5, 0.6) is 0 Å². The van der Waals surface area contributed by atoms with Crippen LogP contribution in [0, 0.1) is 0 Å². The Hall–Kier alpha value is -1.83. The zero-order chi connectivity index (χ0) is 10.6. The molecule has 3 aromatic rings. The van der Waals surface area contributed by atoms with Crippen LogP contribution in [-0.4, -0.2) is 7.85 Å². The lowest BCUT2D eigenvalue weighted by molar-refractivity contribution is 1.72. The Morgan fingerprint density at radius 3 is 2.53 bits per heavy atom. The van der Waals surface area contributed by atoms with Crippen molar-refractivity contribution in [3.63, 3.8) is 0 Å². The summed E-state index contributed by atoms with van der Waals surface area (Å²) in [4.78, 5) is 11.9. The molecule has 0 saturated carbocycles. The smallest absolute Gasteiger partial charge is 0.193 e. The monoisotopic (exact) mass is 192 g/mol. The van der Waals surface area contributed by atoms with Crippen molar-refractivity contribution in [3.8, 4) is 0 Å². The topological polar surface area (TPSA) is 17.1 Å². The third kappa shape index (κ3) is 0.912. The molecule has 0 radical (unpaired) electrons. The fraction of sp³-hybridized carbons (Fsp3) is 0. The number of hydrogen-bond donors (Lipinski definition) is 0. The van der Waals surface area contributed by atoms with Crippen LogP contribution in [0.25, 0.3) is 28.1 Å². The largest absolute Gasteiger partial charge is 0.289 e. The van der Waals surface area contributed by atoms with Crippen molar-refractivity contribution in [2.75, 3.05) is 0 Å². The Kier molecular flexibility index (Phi) is 1.47. The average molecular weight is 192 g/mol. The summed E-state index contributed by atoms with van der Waals surface area (Å²) in [6.45, 7) is 3.86. The van der Waals surface area contributed by atoms with E-state index in [0.29, 0.717) is 5.22 Å². The first-order chi connectivity index (χ1) is 7.20. The predicted molar refractivity (Wildman–Crippen MR) is 67.8 cm³/mol. The molecule has 0 atom stereocenters. The van der Waals surface area contributed by atoms with Crippen molar-refractivity contribution >= 4 is 41.4 Å². The van der Waals surface area contributed by atoms with Crippen molar-refractivity contribution in [3.05, 3.63) is 45.8 Å². The molecule has 0 aromatic heterocycles. The molecule has 70 valence electrons. The SMILES string of the molecule is Bc1ccc2c(=O)c(=C)c3cccc1c32. The molecule has 0 bridgehead atoms. The van der Waals surface area contributed by atoms with Gasteiger partial charge in [0.2, 0.25) is 0 Å². The first kappa shape index (κ1) is 8.48. The van der Waals surface area contributed by atoms with E-state index in [4.69, 9.17) is 0 Å². The van der Waals surface area contributed by atoms with Crippen LogP contribution in [0.2, 0.25) is 0 Å². The Balaban J connectivity index is 2.88. The molecule has 0 amide bonds. The van der Waals surface area contributed by atoms with Gasteiger partial charge in [0.05, 0.1) is 0 Å². The minimum Gasteiger partial charge on any atom is -0.289 e. The summed E-state index contributed by atoms with van der Waals surface area (Å²) < 4.78 is 0. The third-order valence-electron chi connectivity index (χ3n) is 3.10. The molecule has 0 aliphatic carbocycles. The third-order valence-corrected chi connectivity index (χ3v) is 3.10. The molecule has 0 saturated heterocycles. The first-order valence-corrected chi connectivity index (χ1v) is 4.96. The van der Waals surface area contributed by atoms with E-state index in [1.807, 2.05) is 24.3 Å². The molecule has 0 spiro atoms. The molecular formula is C13H9BO. The van der Waals surface area contributed by atoms with E-state index in [2.05, 4.69) is 20.5 Å². The molecule has 15 heavy (non-hydrogen) atoms. The van der Waals surface area contributed by atoms with Crippen molar-refractivity contribution in [1.29, 1.82) is 0 Å². The number of hydrogen-bond acceptors (Lipinski definition) is 1. The van der Waals surface area contributed by atoms with Crippen molar-refractivity contribution in [1.82, 2.24) is 0 Å². The van der Waals surface area contributed by atoms with Gasteiger partial charge in [0, 0.05) is 16.0 Å². The van der Waals surface area contributed by atoms with Crippen LogP contribution in [0.4, 0.5) is 0 Å². The van der Waals surface area contributed by atoms with Crippen molar-refractivity contribution in [2.24, 2.45) is 0 Å². The normalized spacial score (nSPS) is 11.5. The highest BCUT2D eigenvalue weighted by atomic mass is 16.1. The molecule has 0 aliphatic rings. The first-order valence-electron chi connectivity index (χ1n) is 4.96. The molecule has 2 heteroatoms. The Morgan fingerprint density at radius 2 is 1.73 bits per heavy atom. The van der Waals surface area contributed by atoms with Gasteiger partial charge < -0.3 is 0 Å². The highest BCUT2D eigenvalue weighted by Gasteiger charge is 2.10. The Bertz CT molecular complexity index is 732. The van der Waals surface area contributed by atoms with Crippen LogP contribution in [0.3, 0.4) is 0 Å². The molecule has 0 N–H and O–H groups in total. The highest BCUT2D eigenvalue weighted by molar-refractivity contribution is 6.40. The lowest BCUT2D eigenvalue weighted by Crippen LogP contribution is -2.16. The molecule has 1 nitrogen and oxygen atoms in total. The second-order valence-corrected chi connectivity index (χ2v) is 3.97. The number of benzene rings is 2. The molecule has 3 aromatic carbocycles. The van der Waals surface area contributed by atoms with Gasteiger partial charge in [-0.1, -0.05) is 42.4 Å². The van der Waals surface area contributed by atoms with Gasteiger partial charge in [-0.15, -0.1) is 0 Å². The number of rotatable bonds is 0. The van der Waals surface area contributed by atoms with Gasteiger partial charge in [0.25, 0.3) is 0 Å². The van der Waals surface area contributed by atoms with Crippen LogP contribution < -0.4 is 16.1 Å². The summed E-state index contributed by atoms with van der Waals surface area (Å²) in [5.74, 6) is 0. The van der Waals surface area contributed by atoms with Gasteiger partial charge in [0.15, 0.2) is 5.43 Å². The van der Waals surface area contributed by atoms with Crippen LogP contribution in [0.15, 0.2) is 35.1 Å². The minimum absolute atomic E-state index is 0.0706. The fourth-order valence-electron chi connectivity index (χ4n) is 2.28. The Morgan fingerprint density at radius 1 is 1.00 bits per heavy atom. The van der Waals surface area contributed by atoms with Gasteiger partial charge in [-0.3, -0.25) is 4.79 Å². The summed E-state index contributed by atoms with van der Waals surface area (Å²) in [7, 11) is 2.06. The maximum atomic E-state index is 11.9. The maximum absolute atomic E-state index is 11.9. The van der Waals surface area contributed by atoms with E-state index in [0.717, 1.165) is 21.5 Å². The predicted octanol–water partition coefficient (Wildman–Crippen LogP) is 0.179. The zero-order valence-electron chi connectivity index (χ0n) is 8.50. The van der Waals surface area contributed by atoms with E-state index in [9.17, 15) is 4.79 Å². The lowest BCUT2D eigenvalue weighted by atomic mass is 9.89. The van der Waals surface area contributed by atoms with Gasteiger partial charge >= 0.3 is 0 Å². The van der Waals surface area contributed by atoms with Gasteiger partial charge in [-0.25, -0.2) is 0 Å². The van der Waals surface area contributed by atoms with Gasteiger partial charge in [-0.2, -0.15) is 0 Å². The lowest BCUT2D eigenvalue weighted by Gasteiger charge is -2.01. The van der Waals surface area contributed by atoms with E-state index >= 15 is 0 Å². The summed E-state index contributed by atoms with van der Waals surface area (Å²) in [5.41, 5.74) is 1.28.